The number of aromatic nitrogens is 1. The molecule has 0 amide bonds. The van der Waals surface area contributed by atoms with Crippen LogP contribution in [0.15, 0.2) is 18.3 Å². The molecule has 0 atom stereocenters. The third-order valence-corrected chi connectivity index (χ3v) is 1.20. The minimum Gasteiger partial charge on any atom is -0.459 e. The predicted molar refractivity (Wildman–Crippen MR) is 43.1 cm³/mol. The molecular weight excluding hydrogens is 173 g/mol. The maximum absolute atomic E-state index is 12.5. The molecule has 0 fully saturated rings. The van der Waals surface area contributed by atoms with E-state index in [9.17, 15) is 9.18 Å². The van der Waals surface area contributed by atoms with Crippen molar-refractivity contribution in [3.05, 3.63) is 29.8 Å². The van der Waals surface area contributed by atoms with E-state index in [0.29, 0.717) is 0 Å². The summed E-state index contributed by atoms with van der Waals surface area (Å²) >= 11 is 0. The van der Waals surface area contributed by atoms with Crippen LogP contribution in [0.2, 0.25) is 0 Å². The molecule has 0 saturated carbocycles. The van der Waals surface area contributed by atoms with Gasteiger partial charge in [0.05, 0.1) is 7.11 Å². The molecule has 0 spiro atoms. The second-order valence-corrected chi connectivity index (χ2v) is 2.10. The standard InChI is InChI=1S/C9H6FNO2/c1-13-9(12)3-2-8-6-7(10)4-5-11-8/h4-6H,1H3. The number of esters is 1. The van der Waals surface area contributed by atoms with Crippen molar-refractivity contribution in [3.63, 3.8) is 0 Å². The van der Waals surface area contributed by atoms with Gasteiger partial charge >= 0.3 is 5.97 Å². The van der Waals surface area contributed by atoms with Crippen molar-refractivity contribution in [2.75, 3.05) is 7.11 Å². The summed E-state index contributed by atoms with van der Waals surface area (Å²) in [5.74, 6) is 3.38. The summed E-state index contributed by atoms with van der Waals surface area (Å²) < 4.78 is 16.8. The minimum atomic E-state index is -0.675. The average Bonchev–Trinajstić information content (AvgIpc) is 2.14. The molecule has 0 aromatic carbocycles. The van der Waals surface area contributed by atoms with Crippen molar-refractivity contribution in [2.24, 2.45) is 0 Å². The molecule has 0 bridgehead atoms. The molecule has 3 nitrogen and oxygen atoms in total. The van der Waals surface area contributed by atoms with E-state index in [1.54, 1.807) is 0 Å². The number of ether oxygens (including phenoxy) is 1. The van der Waals surface area contributed by atoms with Crippen molar-refractivity contribution >= 4 is 5.97 Å². The number of hydrogen-bond acceptors (Lipinski definition) is 3. The number of halogens is 1. The Bertz CT molecular complexity index is 379. The maximum Gasteiger partial charge on any atom is 0.384 e. The van der Waals surface area contributed by atoms with Gasteiger partial charge in [-0.05, 0) is 12.0 Å². The first kappa shape index (κ1) is 9.20. The van der Waals surface area contributed by atoms with Gasteiger partial charge in [0, 0.05) is 18.2 Å². The van der Waals surface area contributed by atoms with Gasteiger partial charge in [-0.15, -0.1) is 0 Å². The Morgan fingerprint density at radius 1 is 1.69 bits per heavy atom. The van der Waals surface area contributed by atoms with E-state index in [2.05, 4.69) is 21.6 Å². The van der Waals surface area contributed by atoms with E-state index in [4.69, 9.17) is 0 Å². The zero-order chi connectivity index (χ0) is 9.68. The molecule has 4 heteroatoms. The Kier molecular flexibility index (Phi) is 2.98. The van der Waals surface area contributed by atoms with Crippen LogP contribution in [0.1, 0.15) is 5.69 Å². The lowest BCUT2D eigenvalue weighted by atomic mass is 10.3. The predicted octanol–water partition coefficient (Wildman–Crippen LogP) is 0.745. The number of hydrogen-bond donors (Lipinski definition) is 0. The Morgan fingerprint density at radius 3 is 3.08 bits per heavy atom. The fourth-order valence-corrected chi connectivity index (χ4v) is 0.639. The van der Waals surface area contributed by atoms with Gasteiger partial charge in [-0.2, -0.15) is 0 Å². The molecule has 0 aliphatic rings. The Labute approximate surface area is 74.6 Å². The summed E-state index contributed by atoms with van der Waals surface area (Å²) in [5.41, 5.74) is 0.199. The first-order chi connectivity index (χ1) is 6.22. The molecule has 0 N–H and O–H groups in total. The fraction of sp³-hybridized carbons (Fsp3) is 0.111. The Morgan fingerprint density at radius 2 is 2.46 bits per heavy atom. The lowest BCUT2D eigenvalue weighted by molar-refractivity contribution is -0.133. The van der Waals surface area contributed by atoms with E-state index in [0.717, 1.165) is 6.07 Å². The molecule has 0 radical (unpaired) electrons. The number of nitrogens with zero attached hydrogens (tertiary/aromatic N) is 1. The molecule has 0 saturated heterocycles. The molecule has 1 aromatic rings. The second-order valence-electron chi connectivity index (χ2n) is 2.10. The lowest BCUT2D eigenvalue weighted by Crippen LogP contribution is -1.95. The van der Waals surface area contributed by atoms with Gasteiger partial charge in [-0.25, -0.2) is 14.2 Å². The Balaban J connectivity index is 2.83. The van der Waals surface area contributed by atoms with Gasteiger partial charge in [0.2, 0.25) is 0 Å². The highest BCUT2D eigenvalue weighted by atomic mass is 19.1. The average molecular weight is 179 g/mol. The first-order valence-corrected chi connectivity index (χ1v) is 3.44. The molecule has 0 unspecified atom stereocenters. The van der Waals surface area contributed by atoms with Crippen molar-refractivity contribution in [1.82, 2.24) is 4.98 Å². The van der Waals surface area contributed by atoms with Crippen LogP contribution in [-0.2, 0) is 9.53 Å². The first-order valence-electron chi connectivity index (χ1n) is 3.44. The molecule has 0 aliphatic heterocycles. The fourth-order valence-electron chi connectivity index (χ4n) is 0.639. The monoisotopic (exact) mass is 179 g/mol. The van der Waals surface area contributed by atoms with Crippen LogP contribution in [0, 0.1) is 17.7 Å². The number of methoxy groups -OCH3 is 1. The Hall–Kier alpha value is -1.89. The highest BCUT2D eigenvalue weighted by molar-refractivity contribution is 5.88. The normalized spacial score (nSPS) is 8.46. The van der Waals surface area contributed by atoms with Gasteiger partial charge in [-0.3, -0.25) is 0 Å². The van der Waals surface area contributed by atoms with Crippen LogP contribution in [0.25, 0.3) is 0 Å². The second kappa shape index (κ2) is 4.21. The number of carbonyl (C=O) groups is 1. The smallest absolute Gasteiger partial charge is 0.384 e. The largest absolute Gasteiger partial charge is 0.459 e. The molecule has 1 heterocycles. The van der Waals surface area contributed by atoms with E-state index in [1.165, 1.54) is 19.4 Å². The van der Waals surface area contributed by atoms with Crippen LogP contribution < -0.4 is 0 Å². The summed E-state index contributed by atoms with van der Waals surface area (Å²) in [5, 5.41) is 0. The van der Waals surface area contributed by atoms with E-state index < -0.39 is 11.8 Å². The van der Waals surface area contributed by atoms with E-state index in [-0.39, 0.29) is 5.69 Å². The summed E-state index contributed by atoms with van der Waals surface area (Å²) in [6, 6.07) is 2.33. The summed E-state index contributed by atoms with van der Waals surface area (Å²) in [6.07, 6.45) is 1.27. The SMILES string of the molecule is COC(=O)C#Cc1cc(F)ccn1. The number of pyridine rings is 1. The zero-order valence-corrected chi connectivity index (χ0v) is 6.87. The van der Waals surface area contributed by atoms with Crippen LogP contribution in [0.4, 0.5) is 4.39 Å². The summed E-state index contributed by atoms with van der Waals surface area (Å²) in [4.78, 5) is 14.3. The number of rotatable bonds is 0. The molecule has 13 heavy (non-hydrogen) atoms. The summed E-state index contributed by atoms with van der Waals surface area (Å²) in [6.45, 7) is 0. The zero-order valence-electron chi connectivity index (χ0n) is 6.87. The van der Waals surface area contributed by atoms with Crippen LogP contribution in [0.5, 0.6) is 0 Å². The van der Waals surface area contributed by atoms with Gasteiger partial charge in [0.15, 0.2) is 0 Å². The highest BCUT2D eigenvalue weighted by Crippen LogP contribution is 1.96. The highest BCUT2D eigenvalue weighted by Gasteiger charge is 1.93. The van der Waals surface area contributed by atoms with Crippen molar-refractivity contribution < 1.29 is 13.9 Å². The van der Waals surface area contributed by atoms with Crippen LogP contribution in [0.3, 0.4) is 0 Å². The van der Waals surface area contributed by atoms with Gasteiger partial charge in [0.25, 0.3) is 0 Å². The topological polar surface area (TPSA) is 39.2 Å². The van der Waals surface area contributed by atoms with Crippen LogP contribution >= 0.6 is 0 Å². The summed E-state index contributed by atoms with van der Waals surface area (Å²) in [7, 11) is 1.22. The third-order valence-electron chi connectivity index (χ3n) is 1.20. The number of carbonyl (C=O) groups excluding carboxylic acids is 1. The molecule has 66 valence electrons. The van der Waals surface area contributed by atoms with Crippen molar-refractivity contribution in [1.29, 1.82) is 0 Å². The van der Waals surface area contributed by atoms with Crippen molar-refractivity contribution in [3.8, 4) is 11.8 Å². The maximum atomic E-state index is 12.5. The van der Waals surface area contributed by atoms with Crippen LogP contribution in [-0.4, -0.2) is 18.1 Å². The van der Waals surface area contributed by atoms with Gasteiger partial charge in [-0.1, -0.05) is 0 Å². The molecule has 1 aromatic heterocycles. The van der Waals surface area contributed by atoms with Gasteiger partial charge in [0.1, 0.15) is 11.5 Å². The lowest BCUT2D eigenvalue weighted by Gasteiger charge is -1.88. The minimum absolute atomic E-state index is 0.199. The molecule has 1 rings (SSSR count). The van der Waals surface area contributed by atoms with E-state index in [1.807, 2.05) is 0 Å². The molecular formula is C9H6FNO2. The van der Waals surface area contributed by atoms with Crippen molar-refractivity contribution in [2.45, 2.75) is 0 Å². The van der Waals surface area contributed by atoms with E-state index >= 15 is 0 Å². The third kappa shape index (κ3) is 2.91. The van der Waals surface area contributed by atoms with Gasteiger partial charge < -0.3 is 4.74 Å². The quantitative estimate of drug-likeness (QED) is 0.435. The molecule has 0 aliphatic carbocycles.